The van der Waals surface area contributed by atoms with Gasteiger partial charge in [-0.15, -0.1) is 0 Å². The van der Waals surface area contributed by atoms with Crippen molar-refractivity contribution in [1.82, 2.24) is 0 Å². The first-order valence-corrected chi connectivity index (χ1v) is 11.7. The zero-order valence-electron chi connectivity index (χ0n) is 17.4. The molecule has 0 rings (SSSR count). The van der Waals surface area contributed by atoms with Gasteiger partial charge < -0.3 is 9.01 Å². The van der Waals surface area contributed by atoms with Crippen LogP contribution in [0.25, 0.3) is 0 Å². The Labute approximate surface area is 160 Å². The topological polar surface area (TPSA) is 72.8 Å². The Morgan fingerprint density at radius 3 is 1.81 bits per heavy atom. The van der Waals surface area contributed by atoms with Gasteiger partial charge in [-0.25, -0.2) is 4.57 Å². The lowest BCUT2D eigenvalue weighted by atomic mass is 10.1. The van der Waals surface area contributed by atoms with Crippen LogP contribution in [0.5, 0.6) is 0 Å². The van der Waals surface area contributed by atoms with Gasteiger partial charge in [-0.3, -0.25) is 14.2 Å². The minimum absolute atomic E-state index is 0.0724. The molecule has 0 radical (unpaired) electrons. The number of carbonyl (C=O) groups is 1. The van der Waals surface area contributed by atoms with E-state index in [4.69, 9.17) is 4.52 Å². The maximum Gasteiger partial charge on any atom is 0.529 e. The fourth-order valence-corrected chi connectivity index (χ4v) is 3.28. The van der Waals surface area contributed by atoms with Crippen LogP contribution < -0.4 is 0 Å². The van der Waals surface area contributed by atoms with E-state index in [1.807, 2.05) is 21.1 Å². The molecular weight excluding hydrogens is 353 g/mol. The quantitative estimate of drug-likeness (QED) is 0.212. The van der Waals surface area contributed by atoms with E-state index in [0.717, 1.165) is 12.8 Å². The number of carbonyl (C=O) groups excluding carboxylic acids is 1. The second-order valence-electron chi connectivity index (χ2n) is 8.06. The summed E-state index contributed by atoms with van der Waals surface area (Å²) in [6.07, 6.45) is 13.3. The number of quaternary nitrogens is 1. The van der Waals surface area contributed by atoms with Gasteiger partial charge in [0.05, 0.1) is 21.1 Å². The predicted molar refractivity (Wildman–Crippen MR) is 106 cm³/mol. The largest absolute Gasteiger partial charge is 0.529 e. The van der Waals surface area contributed by atoms with Gasteiger partial charge in [-0.05, 0) is 6.42 Å². The van der Waals surface area contributed by atoms with Crippen molar-refractivity contribution in [3.8, 4) is 0 Å². The number of unbranched alkanes of at least 4 members (excludes halogenated alkanes) is 10. The van der Waals surface area contributed by atoms with Crippen LogP contribution in [-0.2, 0) is 18.4 Å². The van der Waals surface area contributed by atoms with E-state index >= 15 is 0 Å². The molecule has 0 aliphatic carbocycles. The smallest absolute Gasteiger partial charge is 0.371 e. The summed E-state index contributed by atoms with van der Waals surface area (Å²) in [6, 6.07) is 0. The van der Waals surface area contributed by atoms with Crippen LogP contribution in [0.2, 0.25) is 0 Å². The summed E-state index contributed by atoms with van der Waals surface area (Å²) in [7, 11) is 1.57. The second-order valence-corrected chi connectivity index (χ2v) is 9.44. The van der Waals surface area contributed by atoms with E-state index in [9.17, 15) is 14.3 Å². The lowest BCUT2D eigenvalue weighted by molar-refractivity contribution is -0.870. The number of rotatable bonds is 17. The van der Waals surface area contributed by atoms with E-state index in [-0.39, 0.29) is 13.0 Å². The molecule has 156 valence electrons. The summed E-state index contributed by atoms with van der Waals surface area (Å²) in [6.45, 7) is 2.86. The lowest BCUT2D eigenvalue weighted by Gasteiger charge is -2.23. The Kier molecular flexibility index (Phi) is 14.4. The molecule has 0 bridgehead atoms. The third kappa shape index (κ3) is 18.4. The van der Waals surface area contributed by atoms with Crippen molar-refractivity contribution >= 4 is 13.8 Å². The minimum atomic E-state index is -4.28. The highest BCUT2D eigenvalue weighted by Gasteiger charge is 2.26. The van der Waals surface area contributed by atoms with Gasteiger partial charge in [0.25, 0.3) is 0 Å². The number of phosphoric ester groups is 1. The Morgan fingerprint density at radius 1 is 0.885 bits per heavy atom. The Balaban J connectivity index is 3.57. The van der Waals surface area contributed by atoms with Gasteiger partial charge in [-0.1, -0.05) is 71.1 Å². The Bertz CT molecular complexity index is 409. The molecule has 1 unspecified atom stereocenters. The van der Waals surface area contributed by atoms with Crippen LogP contribution in [-0.4, -0.2) is 49.6 Å². The maximum atomic E-state index is 11.7. The molecule has 0 saturated carbocycles. The summed E-state index contributed by atoms with van der Waals surface area (Å²) in [5.74, 6) is -0.656. The molecule has 7 heteroatoms. The van der Waals surface area contributed by atoms with Gasteiger partial charge in [0.15, 0.2) is 0 Å². The Hall–Kier alpha value is -0.420. The molecule has 0 spiro atoms. The van der Waals surface area contributed by atoms with Crippen LogP contribution in [0.15, 0.2) is 0 Å². The molecule has 26 heavy (non-hydrogen) atoms. The molecule has 0 aromatic rings. The third-order valence-corrected chi connectivity index (χ3v) is 5.16. The van der Waals surface area contributed by atoms with E-state index in [1.54, 1.807) is 0 Å². The predicted octanol–water partition coefficient (Wildman–Crippen LogP) is 5.05. The summed E-state index contributed by atoms with van der Waals surface area (Å²) in [5.41, 5.74) is 0. The molecule has 0 aliphatic heterocycles. The van der Waals surface area contributed by atoms with Gasteiger partial charge in [0.1, 0.15) is 13.2 Å². The standard InChI is InChI=1S/C19H40NO5P/c1-5-6-7-8-9-10-11-12-13-14-15-16-19(21)25-26(22,23)24-18-17-20(2,3)4/h5-18H2,1-4H3/p+1. The third-order valence-electron chi connectivity index (χ3n) is 4.22. The molecule has 1 N–H and O–H groups in total. The van der Waals surface area contributed by atoms with Crippen LogP contribution >= 0.6 is 7.82 Å². The van der Waals surface area contributed by atoms with Crippen molar-refractivity contribution in [2.45, 2.75) is 84.0 Å². The van der Waals surface area contributed by atoms with Crippen LogP contribution in [0.4, 0.5) is 0 Å². The van der Waals surface area contributed by atoms with Crippen molar-refractivity contribution in [2.75, 3.05) is 34.3 Å². The van der Waals surface area contributed by atoms with E-state index in [2.05, 4.69) is 11.4 Å². The van der Waals surface area contributed by atoms with Crippen molar-refractivity contribution in [2.24, 2.45) is 0 Å². The van der Waals surface area contributed by atoms with Crippen LogP contribution in [0, 0.1) is 0 Å². The monoisotopic (exact) mass is 394 g/mol. The molecule has 6 nitrogen and oxygen atoms in total. The van der Waals surface area contributed by atoms with Crippen molar-refractivity contribution < 1.29 is 27.8 Å². The summed E-state index contributed by atoms with van der Waals surface area (Å²) in [4.78, 5) is 21.2. The molecule has 0 aromatic heterocycles. The molecule has 0 aliphatic rings. The first kappa shape index (κ1) is 25.6. The van der Waals surface area contributed by atoms with E-state index < -0.39 is 13.8 Å². The Morgan fingerprint density at radius 2 is 1.35 bits per heavy atom. The van der Waals surface area contributed by atoms with Gasteiger partial charge >= 0.3 is 13.8 Å². The van der Waals surface area contributed by atoms with Crippen LogP contribution in [0.3, 0.4) is 0 Å². The van der Waals surface area contributed by atoms with E-state index in [1.165, 1.54) is 51.4 Å². The SMILES string of the molecule is CCCCCCCCCCCCCC(=O)OP(=O)(O)OCC[N+](C)(C)C. The number of hydrogen-bond donors (Lipinski definition) is 1. The first-order chi connectivity index (χ1) is 12.2. The number of phosphoric acid groups is 1. The number of likely N-dealkylation sites (N-methyl/N-ethyl adjacent to an activating group) is 1. The second kappa shape index (κ2) is 14.6. The van der Waals surface area contributed by atoms with Gasteiger partial charge in [0.2, 0.25) is 0 Å². The minimum Gasteiger partial charge on any atom is -0.371 e. The molecule has 0 amide bonds. The van der Waals surface area contributed by atoms with Gasteiger partial charge in [-0.2, -0.15) is 0 Å². The highest BCUT2D eigenvalue weighted by Crippen LogP contribution is 2.43. The van der Waals surface area contributed by atoms with Gasteiger partial charge in [0, 0.05) is 6.42 Å². The molecule has 0 fully saturated rings. The number of hydrogen-bond acceptors (Lipinski definition) is 4. The lowest BCUT2D eigenvalue weighted by Crippen LogP contribution is -2.37. The molecule has 0 heterocycles. The van der Waals surface area contributed by atoms with Crippen molar-refractivity contribution in [3.05, 3.63) is 0 Å². The summed E-state index contributed by atoms with van der Waals surface area (Å²) in [5, 5.41) is 0. The molecular formula is C19H41NO5P+. The fourth-order valence-electron chi connectivity index (χ4n) is 2.56. The average molecular weight is 395 g/mol. The van der Waals surface area contributed by atoms with E-state index in [0.29, 0.717) is 17.4 Å². The zero-order chi connectivity index (χ0) is 19.9. The highest BCUT2D eigenvalue weighted by molar-refractivity contribution is 7.48. The van der Waals surface area contributed by atoms with Crippen molar-refractivity contribution in [3.63, 3.8) is 0 Å². The molecule has 1 atom stereocenters. The summed E-state index contributed by atoms with van der Waals surface area (Å²) >= 11 is 0. The zero-order valence-corrected chi connectivity index (χ0v) is 18.3. The van der Waals surface area contributed by atoms with Crippen molar-refractivity contribution in [1.29, 1.82) is 0 Å². The molecule has 0 saturated heterocycles. The fraction of sp³-hybridized carbons (Fsp3) is 0.947. The van der Waals surface area contributed by atoms with Crippen LogP contribution in [0.1, 0.15) is 84.0 Å². The normalized spacial score (nSPS) is 14.2. The molecule has 0 aromatic carbocycles. The maximum absolute atomic E-state index is 11.7. The number of nitrogens with zero attached hydrogens (tertiary/aromatic N) is 1. The highest BCUT2D eigenvalue weighted by atomic mass is 31.2. The summed E-state index contributed by atoms with van der Waals surface area (Å²) < 4.78 is 21.7. The average Bonchev–Trinajstić information content (AvgIpc) is 2.50. The first-order valence-electron chi connectivity index (χ1n) is 10.2.